The molecular formula is C13H17ClFN. The maximum atomic E-state index is 13.7. The van der Waals surface area contributed by atoms with Crippen LogP contribution in [0.2, 0.25) is 5.02 Å². The molecule has 0 amide bonds. The van der Waals surface area contributed by atoms with Crippen molar-refractivity contribution in [3.05, 3.63) is 34.6 Å². The molecule has 1 aromatic rings. The van der Waals surface area contributed by atoms with Crippen molar-refractivity contribution in [1.82, 2.24) is 5.32 Å². The number of hydrogen-bond acceptors (Lipinski definition) is 1. The highest BCUT2D eigenvalue weighted by molar-refractivity contribution is 6.31. The van der Waals surface area contributed by atoms with Crippen molar-refractivity contribution in [2.24, 2.45) is 0 Å². The molecule has 0 unspecified atom stereocenters. The molecule has 88 valence electrons. The molecule has 3 heteroatoms. The second kappa shape index (κ2) is 4.72. The van der Waals surface area contributed by atoms with Gasteiger partial charge in [0.1, 0.15) is 5.82 Å². The Balaban J connectivity index is 2.25. The van der Waals surface area contributed by atoms with Crippen LogP contribution in [-0.2, 0) is 6.42 Å². The summed E-state index contributed by atoms with van der Waals surface area (Å²) in [5.41, 5.74) is 0.701. The fourth-order valence-electron chi connectivity index (χ4n) is 2.61. The zero-order chi connectivity index (χ0) is 11.6. The predicted octanol–water partition coefficient (Wildman–Crippen LogP) is 3.55. The maximum absolute atomic E-state index is 13.7. The van der Waals surface area contributed by atoms with Crippen LogP contribution >= 0.6 is 11.6 Å². The fourth-order valence-corrected chi connectivity index (χ4v) is 2.84. The minimum absolute atomic E-state index is 0.0475. The Labute approximate surface area is 101 Å². The topological polar surface area (TPSA) is 12.0 Å². The van der Waals surface area contributed by atoms with E-state index in [4.69, 9.17) is 11.6 Å². The molecule has 0 aromatic heterocycles. The zero-order valence-corrected chi connectivity index (χ0v) is 10.3. The number of halogens is 2. The lowest BCUT2D eigenvalue weighted by atomic mass is 9.89. The van der Waals surface area contributed by atoms with Gasteiger partial charge in [0, 0.05) is 16.1 Å². The van der Waals surface area contributed by atoms with E-state index in [1.54, 1.807) is 12.1 Å². The van der Waals surface area contributed by atoms with Gasteiger partial charge in [-0.25, -0.2) is 4.39 Å². The molecule has 16 heavy (non-hydrogen) atoms. The second-order valence-corrected chi connectivity index (χ2v) is 5.02. The summed E-state index contributed by atoms with van der Waals surface area (Å²) in [7, 11) is 1.96. The zero-order valence-electron chi connectivity index (χ0n) is 9.52. The van der Waals surface area contributed by atoms with Gasteiger partial charge >= 0.3 is 0 Å². The van der Waals surface area contributed by atoms with Gasteiger partial charge in [0.15, 0.2) is 0 Å². The molecule has 1 fully saturated rings. The molecule has 1 saturated carbocycles. The van der Waals surface area contributed by atoms with Gasteiger partial charge in [0.25, 0.3) is 0 Å². The van der Waals surface area contributed by atoms with E-state index in [1.807, 2.05) is 7.05 Å². The van der Waals surface area contributed by atoms with Gasteiger partial charge in [-0.15, -0.1) is 0 Å². The van der Waals surface area contributed by atoms with E-state index in [-0.39, 0.29) is 11.4 Å². The molecule has 1 aliphatic carbocycles. The van der Waals surface area contributed by atoms with Crippen molar-refractivity contribution in [3.63, 3.8) is 0 Å². The summed E-state index contributed by atoms with van der Waals surface area (Å²) in [6.45, 7) is 0. The van der Waals surface area contributed by atoms with Gasteiger partial charge in [-0.1, -0.05) is 30.5 Å². The Morgan fingerprint density at radius 2 is 2.06 bits per heavy atom. The summed E-state index contributed by atoms with van der Waals surface area (Å²) in [5, 5.41) is 3.90. The van der Waals surface area contributed by atoms with Crippen molar-refractivity contribution < 1.29 is 4.39 Å². The average Bonchev–Trinajstić information content (AvgIpc) is 2.73. The predicted molar refractivity (Wildman–Crippen MR) is 65.4 cm³/mol. The molecule has 1 aromatic carbocycles. The SMILES string of the molecule is CNC1(Cc2c(F)cccc2Cl)CCCC1. The minimum atomic E-state index is -0.186. The van der Waals surface area contributed by atoms with Crippen LogP contribution in [0.3, 0.4) is 0 Å². The third-order valence-corrected chi connectivity index (χ3v) is 4.02. The van der Waals surface area contributed by atoms with Crippen LogP contribution in [0.15, 0.2) is 18.2 Å². The van der Waals surface area contributed by atoms with Crippen molar-refractivity contribution >= 4 is 11.6 Å². The van der Waals surface area contributed by atoms with Gasteiger partial charge in [-0.2, -0.15) is 0 Å². The van der Waals surface area contributed by atoms with Crippen LogP contribution in [-0.4, -0.2) is 12.6 Å². The highest BCUT2D eigenvalue weighted by Gasteiger charge is 2.33. The number of rotatable bonds is 3. The molecule has 0 heterocycles. The Morgan fingerprint density at radius 1 is 1.38 bits per heavy atom. The third kappa shape index (κ3) is 2.23. The largest absolute Gasteiger partial charge is 0.314 e. The average molecular weight is 242 g/mol. The van der Waals surface area contributed by atoms with Crippen molar-refractivity contribution in [1.29, 1.82) is 0 Å². The van der Waals surface area contributed by atoms with Gasteiger partial charge in [0.05, 0.1) is 0 Å². The van der Waals surface area contributed by atoms with Crippen LogP contribution in [0.4, 0.5) is 4.39 Å². The lowest BCUT2D eigenvalue weighted by Crippen LogP contribution is -2.42. The fraction of sp³-hybridized carbons (Fsp3) is 0.538. The molecule has 1 aliphatic rings. The first-order valence-corrected chi connectivity index (χ1v) is 6.16. The Hall–Kier alpha value is -0.600. The number of nitrogens with one attached hydrogen (secondary N) is 1. The van der Waals surface area contributed by atoms with Gasteiger partial charge in [0.2, 0.25) is 0 Å². The number of likely N-dealkylation sites (N-methyl/N-ethyl adjacent to an activating group) is 1. The van der Waals surface area contributed by atoms with Crippen LogP contribution in [0.1, 0.15) is 31.2 Å². The molecule has 1 N–H and O–H groups in total. The van der Waals surface area contributed by atoms with E-state index in [0.29, 0.717) is 17.0 Å². The van der Waals surface area contributed by atoms with Gasteiger partial charge in [-0.3, -0.25) is 0 Å². The minimum Gasteiger partial charge on any atom is -0.314 e. The van der Waals surface area contributed by atoms with Crippen molar-refractivity contribution in [3.8, 4) is 0 Å². The molecule has 0 bridgehead atoms. The summed E-state index contributed by atoms with van der Waals surface area (Å²) in [6.07, 6.45) is 5.33. The molecule has 1 nitrogen and oxygen atoms in total. The third-order valence-electron chi connectivity index (χ3n) is 3.67. The Kier molecular flexibility index (Phi) is 3.50. The van der Waals surface area contributed by atoms with E-state index >= 15 is 0 Å². The first-order valence-electron chi connectivity index (χ1n) is 5.79. The summed E-state index contributed by atoms with van der Waals surface area (Å²) in [5.74, 6) is -0.186. The maximum Gasteiger partial charge on any atom is 0.127 e. The van der Waals surface area contributed by atoms with E-state index in [2.05, 4.69) is 5.32 Å². The molecule has 0 saturated heterocycles. The molecule has 0 radical (unpaired) electrons. The molecule has 2 rings (SSSR count). The highest BCUT2D eigenvalue weighted by atomic mass is 35.5. The number of benzene rings is 1. The highest BCUT2D eigenvalue weighted by Crippen LogP contribution is 2.34. The van der Waals surface area contributed by atoms with Crippen molar-refractivity contribution in [2.75, 3.05) is 7.05 Å². The molecule has 0 aliphatic heterocycles. The quantitative estimate of drug-likeness (QED) is 0.854. The summed E-state index contributed by atoms with van der Waals surface area (Å²) >= 11 is 6.06. The van der Waals surface area contributed by atoms with Crippen LogP contribution in [0.5, 0.6) is 0 Å². The first kappa shape index (κ1) is 11.9. The van der Waals surface area contributed by atoms with Gasteiger partial charge in [-0.05, 0) is 38.4 Å². The monoisotopic (exact) mass is 241 g/mol. The lowest BCUT2D eigenvalue weighted by Gasteiger charge is -2.29. The Morgan fingerprint density at radius 3 is 2.62 bits per heavy atom. The summed E-state index contributed by atoms with van der Waals surface area (Å²) in [4.78, 5) is 0. The van der Waals surface area contributed by atoms with E-state index in [1.165, 1.54) is 18.9 Å². The van der Waals surface area contributed by atoms with E-state index < -0.39 is 0 Å². The van der Waals surface area contributed by atoms with E-state index in [0.717, 1.165) is 12.8 Å². The standard InChI is InChI=1S/C13H17ClFN/c1-16-13(7-2-3-8-13)9-10-11(14)5-4-6-12(10)15/h4-6,16H,2-3,7-9H2,1H3. The summed E-state index contributed by atoms with van der Waals surface area (Å²) in [6, 6.07) is 4.90. The first-order chi connectivity index (χ1) is 7.67. The molecule has 0 spiro atoms. The van der Waals surface area contributed by atoms with Crippen LogP contribution in [0, 0.1) is 5.82 Å². The van der Waals surface area contributed by atoms with Crippen molar-refractivity contribution in [2.45, 2.75) is 37.6 Å². The van der Waals surface area contributed by atoms with Crippen LogP contribution < -0.4 is 5.32 Å². The van der Waals surface area contributed by atoms with E-state index in [9.17, 15) is 4.39 Å². The second-order valence-electron chi connectivity index (χ2n) is 4.61. The Bertz CT molecular complexity index is 352. The smallest absolute Gasteiger partial charge is 0.127 e. The summed E-state index contributed by atoms with van der Waals surface area (Å²) < 4.78 is 13.7. The van der Waals surface area contributed by atoms with Gasteiger partial charge < -0.3 is 5.32 Å². The molecule has 0 atom stereocenters. The number of hydrogen-bond donors (Lipinski definition) is 1. The molecular weight excluding hydrogens is 225 g/mol. The van der Waals surface area contributed by atoms with Crippen LogP contribution in [0.25, 0.3) is 0 Å². The lowest BCUT2D eigenvalue weighted by molar-refractivity contribution is 0.352. The normalized spacial score (nSPS) is 18.9.